The van der Waals surface area contributed by atoms with E-state index in [0.717, 1.165) is 16.4 Å². The van der Waals surface area contributed by atoms with Crippen LogP contribution >= 0.6 is 11.3 Å². The molecule has 8 heteroatoms. The van der Waals surface area contributed by atoms with Crippen molar-refractivity contribution >= 4 is 29.0 Å². The summed E-state index contributed by atoms with van der Waals surface area (Å²) < 4.78 is 5.63. The van der Waals surface area contributed by atoms with E-state index in [1.807, 2.05) is 31.6 Å². The molecule has 24 heavy (non-hydrogen) atoms. The molecule has 0 spiro atoms. The van der Waals surface area contributed by atoms with E-state index in [2.05, 4.69) is 29.2 Å². The molecule has 132 valence electrons. The standard InChI is InChI=1S/C16H24N4O3S/c1-11(21)20-15(23-14(18-20)12-7-6-8-24-12)13(22)17-9-16(2,3)10-19(4)5/h6-8,15H,9-10H2,1-5H3,(H,17,22). The number of rotatable bonds is 6. The van der Waals surface area contributed by atoms with Gasteiger partial charge in [0.1, 0.15) is 0 Å². The fraction of sp³-hybridized carbons (Fsp3) is 0.562. The van der Waals surface area contributed by atoms with E-state index >= 15 is 0 Å². The van der Waals surface area contributed by atoms with E-state index in [1.165, 1.54) is 18.3 Å². The number of carbonyl (C=O) groups is 2. The molecule has 0 bridgehead atoms. The van der Waals surface area contributed by atoms with Gasteiger partial charge in [-0.3, -0.25) is 9.59 Å². The van der Waals surface area contributed by atoms with E-state index in [1.54, 1.807) is 0 Å². The maximum Gasteiger partial charge on any atom is 0.284 e. The summed E-state index contributed by atoms with van der Waals surface area (Å²) in [6.07, 6.45) is -1.06. The summed E-state index contributed by atoms with van der Waals surface area (Å²) in [5, 5.41) is 9.98. The zero-order chi connectivity index (χ0) is 17.9. The Labute approximate surface area is 146 Å². The van der Waals surface area contributed by atoms with Gasteiger partial charge in [-0.15, -0.1) is 16.4 Å². The molecule has 0 aliphatic carbocycles. The number of nitrogens with one attached hydrogen (secondary N) is 1. The van der Waals surface area contributed by atoms with Gasteiger partial charge in [-0.05, 0) is 31.0 Å². The molecule has 0 fully saturated rings. The Hall–Kier alpha value is -1.93. The fourth-order valence-electron chi connectivity index (χ4n) is 2.56. The van der Waals surface area contributed by atoms with Crippen molar-refractivity contribution in [1.29, 1.82) is 0 Å². The van der Waals surface area contributed by atoms with Crippen LogP contribution in [-0.2, 0) is 14.3 Å². The lowest BCUT2D eigenvalue weighted by molar-refractivity contribution is -0.147. The molecule has 1 aliphatic heterocycles. The van der Waals surface area contributed by atoms with Gasteiger partial charge in [0.25, 0.3) is 18.0 Å². The zero-order valence-corrected chi connectivity index (χ0v) is 15.5. The van der Waals surface area contributed by atoms with Crippen LogP contribution < -0.4 is 5.32 Å². The topological polar surface area (TPSA) is 74.2 Å². The fourth-order valence-corrected chi connectivity index (χ4v) is 3.21. The molecule has 0 saturated heterocycles. The first-order valence-electron chi connectivity index (χ1n) is 7.71. The molecule has 2 amide bonds. The highest BCUT2D eigenvalue weighted by molar-refractivity contribution is 7.12. The third-order valence-corrected chi connectivity index (χ3v) is 4.27. The summed E-state index contributed by atoms with van der Waals surface area (Å²) in [5.41, 5.74) is -0.101. The Morgan fingerprint density at radius 1 is 1.46 bits per heavy atom. The van der Waals surface area contributed by atoms with Gasteiger partial charge in [0.2, 0.25) is 5.91 Å². The van der Waals surface area contributed by atoms with Gasteiger partial charge in [-0.2, -0.15) is 5.01 Å². The minimum Gasteiger partial charge on any atom is -0.440 e. The number of ether oxygens (including phenoxy) is 1. The van der Waals surface area contributed by atoms with E-state index in [9.17, 15) is 9.59 Å². The van der Waals surface area contributed by atoms with Crippen LogP contribution in [0.15, 0.2) is 22.6 Å². The SMILES string of the molecule is CC(=O)N1N=C(c2cccs2)OC1C(=O)NCC(C)(C)CN(C)C. The largest absolute Gasteiger partial charge is 0.440 e. The third-order valence-electron chi connectivity index (χ3n) is 3.41. The molecule has 2 rings (SSSR count). The van der Waals surface area contributed by atoms with Crippen molar-refractivity contribution in [1.82, 2.24) is 15.2 Å². The predicted octanol–water partition coefficient (Wildman–Crippen LogP) is 1.32. The maximum atomic E-state index is 12.5. The molecule has 1 N–H and O–H groups in total. The molecule has 7 nitrogen and oxygen atoms in total. The molecule has 2 heterocycles. The molecule has 0 saturated carbocycles. The Kier molecular flexibility index (Phi) is 5.61. The second kappa shape index (κ2) is 7.31. The van der Waals surface area contributed by atoms with Crippen LogP contribution in [0.25, 0.3) is 0 Å². The Bertz CT molecular complexity index is 625. The quantitative estimate of drug-likeness (QED) is 0.838. The Balaban J connectivity index is 2.02. The number of amides is 2. The third kappa shape index (κ3) is 4.55. The first kappa shape index (κ1) is 18.4. The molecule has 0 aromatic carbocycles. The highest BCUT2D eigenvalue weighted by Gasteiger charge is 2.38. The molecular weight excluding hydrogens is 328 g/mol. The number of nitrogens with zero attached hydrogens (tertiary/aromatic N) is 3. The number of carbonyl (C=O) groups excluding carboxylic acids is 2. The van der Waals surface area contributed by atoms with Crippen LogP contribution in [0.3, 0.4) is 0 Å². The van der Waals surface area contributed by atoms with Gasteiger partial charge in [-0.1, -0.05) is 19.9 Å². The van der Waals surface area contributed by atoms with Gasteiger partial charge in [0, 0.05) is 20.0 Å². The monoisotopic (exact) mass is 352 g/mol. The molecule has 0 radical (unpaired) electrons. The van der Waals surface area contributed by atoms with Gasteiger partial charge >= 0.3 is 0 Å². The summed E-state index contributed by atoms with van der Waals surface area (Å²) in [6, 6.07) is 3.70. The maximum absolute atomic E-state index is 12.5. The van der Waals surface area contributed by atoms with E-state index in [-0.39, 0.29) is 17.2 Å². The minimum atomic E-state index is -1.06. The number of thiophene rings is 1. The second-order valence-corrected chi connectivity index (χ2v) is 7.78. The summed E-state index contributed by atoms with van der Waals surface area (Å²) >= 11 is 1.44. The first-order valence-corrected chi connectivity index (χ1v) is 8.59. The number of hydrogen-bond acceptors (Lipinski definition) is 6. The van der Waals surface area contributed by atoms with Crippen molar-refractivity contribution in [2.75, 3.05) is 27.2 Å². The van der Waals surface area contributed by atoms with Crippen LogP contribution in [0, 0.1) is 5.41 Å². The lowest BCUT2D eigenvalue weighted by atomic mass is 9.93. The van der Waals surface area contributed by atoms with Crippen molar-refractivity contribution in [3.63, 3.8) is 0 Å². The highest BCUT2D eigenvalue weighted by atomic mass is 32.1. The molecular formula is C16H24N4O3S. The lowest BCUT2D eigenvalue weighted by Crippen LogP contribution is -2.48. The summed E-state index contributed by atoms with van der Waals surface area (Å²) in [6.45, 7) is 6.80. The van der Waals surface area contributed by atoms with Crippen molar-refractivity contribution < 1.29 is 14.3 Å². The van der Waals surface area contributed by atoms with Crippen LogP contribution in [0.2, 0.25) is 0 Å². The van der Waals surface area contributed by atoms with Crippen molar-refractivity contribution in [2.24, 2.45) is 10.5 Å². The highest BCUT2D eigenvalue weighted by Crippen LogP contribution is 2.21. The minimum absolute atomic E-state index is 0.101. The van der Waals surface area contributed by atoms with Crippen LogP contribution in [0.4, 0.5) is 0 Å². The number of hydrazone groups is 1. The molecule has 1 aromatic rings. The molecule has 1 atom stereocenters. The second-order valence-electron chi connectivity index (χ2n) is 6.84. The van der Waals surface area contributed by atoms with Gasteiger partial charge in [-0.25, -0.2) is 0 Å². The van der Waals surface area contributed by atoms with E-state index in [4.69, 9.17) is 4.74 Å². The van der Waals surface area contributed by atoms with Crippen molar-refractivity contribution in [3.05, 3.63) is 22.4 Å². The van der Waals surface area contributed by atoms with Gasteiger partial charge < -0.3 is 15.0 Å². The summed E-state index contributed by atoms with van der Waals surface area (Å²) in [4.78, 5) is 27.1. The molecule has 1 aliphatic rings. The van der Waals surface area contributed by atoms with E-state index < -0.39 is 6.23 Å². The Morgan fingerprint density at radius 3 is 2.71 bits per heavy atom. The molecule has 1 aromatic heterocycles. The summed E-state index contributed by atoms with van der Waals surface area (Å²) in [5.74, 6) is -0.408. The normalized spacial score (nSPS) is 17.7. The molecule has 1 unspecified atom stereocenters. The van der Waals surface area contributed by atoms with Crippen LogP contribution in [0.5, 0.6) is 0 Å². The average Bonchev–Trinajstić information content (AvgIpc) is 3.11. The van der Waals surface area contributed by atoms with Crippen LogP contribution in [-0.4, -0.2) is 61.0 Å². The van der Waals surface area contributed by atoms with Crippen molar-refractivity contribution in [3.8, 4) is 0 Å². The number of hydrogen-bond donors (Lipinski definition) is 1. The average molecular weight is 352 g/mol. The predicted molar refractivity (Wildman–Crippen MR) is 93.6 cm³/mol. The lowest BCUT2D eigenvalue weighted by Gasteiger charge is -2.29. The first-order chi connectivity index (χ1) is 11.2. The van der Waals surface area contributed by atoms with Crippen LogP contribution in [0.1, 0.15) is 25.6 Å². The summed E-state index contributed by atoms with van der Waals surface area (Å²) in [7, 11) is 3.98. The Morgan fingerprint density at radius 2 is 2.17 bits per heavy atom. The van der Waals surface area contributed by atoms with E-state index in [0.29, 0.717) is 12.4 Å². The van der Waals surface area contributed by atoms with Crippen molar-refractivity contribution in [2.45, 2.75) is 27.0 Å². The zero-order valence-electron chi connectivity index (χ0n) is 14.7. The smallest absolute Gasteiger partial charge is 0.284 e. The van der Waals surface area contributed by atoms with Gasteiger partial charge in [0.15, 0.2) is 0 Å². The van der Waals surface area contributed by atoms with Gasteiger partial charge in [0.05, 0.1) is 4.88 Å².